The number of hydrogen-bond donors (Lipinski definition) is 0. The number of benzene rings is 6. The molecule has 6 aromatic carbocycles. The van der Waals surface area contributed by atoms with Gasteiger partial charge in [0.1, 0.15) is 0 Å². The second kappa shape index (κ2) is 10.5. The van der Waals surface area contributed by atoms with Crippen molar-refractivity contribution >= 4 is 77.2 Å². The van der Waals surface area contributed by atoms with Crippen LogP contribution in [-0.4, -0.2) is 0 Å². The quantitative estimate of drug-likeness (QED) is 0.202. The minimum atomic E-state index is 0.705. The van der Waals surface area contributed by atoms with Crippen molar-refractivity contribution in [1.29, 1.82) is 0 Å². The molecule has 4 heteroatoms. The van der Waals surface area contributed by atoms with Crippen LogP contribution in [0.5, 0.6) is 0 Å². The molecular weight excluding hydrogens is 528 g/mol. The zero-order valence-corrected chi connectivity index (χ0v) is 23.2. The molecule has 0 aliphatic heterocycles. The molecule has 0 amide bonds. The van der Waals surface area contributed by atoms with Gasteiger partial charge in [-0.15, -0.1) is 11.3 Å². The van der Waals surface area contributed by atoms with E-state index in [1.807, 2.05) is 41.7 Å². The van der Waals surface area contributed by atoms with Gasteiger partial charge in [0.15, 0.2) is 0 Å². The van der Waals surface area contributed by atoms with E-state index >= 15 is 0 Å². The highest BCUT2D eigenvalue weighted by Gasteiger charge is 2.18. The summed E-state index contributed by atoms with van der Waals surface area (Å²) < 4.78 is 2.58. The molecule has 2 nitrogen and oxygen atoms in total. The minimum Gasteiger partial charge on any atom is -0.310 e. The Balaban J connectivity index is 1.41. The van der Waals surface area contributed by atoms with Gasteiger partial charge in [-0.2, -0.15) is 0 Å². The Hall–Kier alpha value is -4.57. The van der Waals surface area contributed by atoms with Crippen molar-refractivity contribution in [2.75, 3.05) is 9.80 Å². The van der Waals surface area contributed by atoms with Crippen molar-refractivity contribution in [3.63, 3.8) is 0 Å². The highest BCUT2D eigenvalue weighted by molar-refractivity contribution is 7.25. The van der Waals surface area contributed by atoms with Gasteiger partial charge >= 0.3 is 0 Å². The molecular formula is C36H25ClN2S. The maximum absolute atomic E-state index is 6.53. The van der Waals surface area contributed by atoms with Crippen LogP contribution < -0.4 is 9.80 Å². The van der Waals surface area contributed by atoms with Crippen LogP contribution in [0.1, 0.15) is 0 Å². The molecule has 0 spiro atoms. The molecule has 40 heavy (non-hydrogen) atoms. The van der Waals surface area contributed by atoms with Gasteiger partial charge in [-0.3, -0.25) is 0 Å². The summed E-state index contributed by atoms with van der Waals surface area (Å²) >= 11 is 8.36. The molecule has 0 fully saturated rings. The van der Waals surface area contributed by atoms with Crippen molar-refractivity contribution in [2.45, 2.75) is 0 Å². The van der Waals surface area contributed by atoms with Crippen molar-refractivity contribution in [2.24, 2.45) is 0 Å². The van der Waals surface area contributed by atoms with Crippen LogP contribution in [0.3, 0.4) is 0 Å². The molecule has 0 saturated carbocycles. The Kier molecular flexibility index (Phi) is 6.45. The summed E-state index contributed by atoms with van der Waals surface area (Å²) in [4.78, 5) is 4.57. The van der Waals surface area contributed by atoms with Crippen LogP contribution in [0, 0.1) is 0 Å². The summed E-state index contributed by atoms with van der Waals surface area (Å²) in [6, 6.07) is 53.1. The van der Waals surface area contributed by atoms with Crippen molar-refractivity contribution in [1.82, 2.24) is 0 Å². The summed E-state index contributed by atoms with van der Waals surface area (Å²) in [5.41, 5.74) is 6.42. The van der Waals surface area contributed by atoms with E-state index in [0.717, 1.165) is 34.1 Å². The van der Waals surface area contributed by atoms with Crippen LogP contribution in [0.4, 0.5) is 34.1 Å². The first-order chi connectivity index (χ1) is 19.7. The lowest BCUT2D eigenvalue weighted by Gasteiger charge is -2.29. The zero-order valence-electron chi connectivity index (χ0n) is 21.6. The van der Waals surface area contributed by atoms with E-state index < -0.39 is 0 Å². The van der Waals surface area contributed by atoms with Crippen molar-refractivity contribution < 1.29 is 0 Å². The SMILES string of the molecule is Clc1cccc(N(c2cccc(N(c3ccccc3)c3ccccc3)c2)c2ccc3sc4ccccc4c3c2)c1. The van der Waals surface area contributed by atoms with Crippen LogP contribution in [0.15, 0.2) is 152 Å². The maximum Gasteiger partial charge on any atom is 0.0482 e. The van der Waals surface area contributed by atoms with Gasteiger partial charge in [0.25, 0.3) is 0 Å². The van der Waals surface area contributed by atoms with Gasteiger partial charge in [0, 0.05) is 59.3 Å². The fourth-order valence-electron chi connectivity index (χ4n) is 5.29. The Bertz CT molecular complexity index is 1890. The number of fused-ring (bicyclic) bond motifs is 3. The summed E-state index contributed by atoms with van der Waals surface area (Å²) in [7, 11) is 0. The van der Waals surface area contributed by atoms with E-state index in [-0.39, 0.29) is 0 Å². The number of hydrogen-bond acceptors (Lipinski definition) is 3. The third-order valence-corrected chi connectivity index (χ3v) is 8.45. The van der Waals surface area contributed by atoms with E-state index in [9.17, 15) is 0 Å². The highest BCUT2D eigenvalue weighted by atomic mass is 35.5. The van der Waals surface area contributed by atoms with E-state index in [1.54, 1.807) is 0 Å². The number of anilines is 6. The molecule has 1 heterocycles. The smallest absolute Gasteiger partial charge is 0.0482 e. The minimum absolute atomic E-state index is 0.705. The number of halogens is 1. The average molecular weight is 553 g/mol. The molecule has 192 valence electrons. The Morgan fingerprint density at radius 1 is 0.375 bits per heavy atom. The summed E-state index contributed by atoms with van der Waals surface area (Å²) in [6.45, 7) is 0. The Labute approximate surface area is 242 Å². The summed E-state index contributed by atoms with van der Waals surface area (Å²) in [5.74, 6) is 0. The van der Waals surface area contributed by atoms with Crippen molar-refractivity contribution in [3.05, 3.63) is 157 Å². The van der Waals surface area contributed by atoms with Crippen LogP contribution in [0.2, 0.25) is 5.02 Å². The lowest BCUT2D eigenvalue weighted by Crippen LogP contribution is -2.13. The van der Waals surface area contributed by atoms with Gasteiger partial charge in [-0.05, 0) is 84.9 Å². The lowest BCUT2D eigenvalue weighted by molar-refractivity contribution is 1.25. The summed E-state index contributed by atoms with van der Waals surface area (Å²) in [5, 5.41) is 3.25. The van der Waals surface area contributed by atoms with E-state index in [4.69, 9.17) is 11.6 Å². The maximum atomic E-state index is 6.53. The molecule has 0 bridgehead atoms. The first kappa shape index (κ1) is 24.5. The standard InChI is InChI=1S/C36H25ClN2S/c37-26-11-9-16-29(23-26)39(32-21-22-36-34(25-32)33-19-7-8-20-35(33)40-36)31-18-10-17-30(24-31)38(27-12-3-1-4-13-27)28-14-5-2-6-15-28/h1-25H. The van der Waals surface area contributed by atoms with Crippen LogP contribution >= 0.6 is 22.9 Å². The van der Waals surface area contributed by atoms with Gasteiger partial charge in [0.2, 0.25) is 0 Å². The number of rotatable bonds is 6. The first-order valence-electron chi connectivity index (χ1n) is 13.2. The van der Waals surface area contributed by atoms with E-state index in [0.29, 0.717) is 5.02 Å². The second-order valence-electron chi connectivity index (χ2n) is 9.62. The Morgan fingerprint density at radius 3 is 1.55 bits per heavy atom. The fraction of sp³-hybridized carbons (Fsp3) is 0. The second-order valence-corrected chi connectivity index (χ2v) is 11.1. The Morgan fingerprint density at radius 2 is 0.875 bits per heavy atom. The summed E-state index contributed by atoms with van der Waals surface area (Å²) in [6.07, 6.45) is 0. The van der Waals surface area contributed by atoms with Crippen LogP contribution in [0.25, 0.3) is 20.2 Å². The normalized spacial score (nSPS) is 11.1. The highest BCUT2D eigenvalue weighted by Crippen LogP contribution is 2.43. The van der Waals surface area contributed by atoms with Crippen molar-refractivity contribution in [3.8, 4) is 0 Å². The number of thiophene rings is 1. The molecule has 0 unspecified atom stereocenters. The first-order valence-corrected chi connectivity index (χ1v) is 14.4. The van der Waals surface area contributed by atoms with E-state index in [1.165, 1.54) is 20.2 Å². The molecule has 0 N–H and O–H groups in total. The monoisotopic (exact) mass is 552 g/mol. The molecule has 0 aliphatic carbocycles. The van der Waals surface area contributed by atoms with E-state index in [2.05, 4.69) is 131 Å². The number of para-hydroxylation sites is 2. The third-order valence-electron chi connectivity index (χ3n) is 7.06. The topological polar surface area (TPSA) is 6.48 Å². The van der Waals surface area contributed by atoms with Crippen LogP contribution in [-0.2, 0) is 0 Å². The number of nitrogens with zero attached hydrogens (tertiary/aromatic N) is 2. The predicted molar refractivity (Wildman–Crippen MR) is 174 cm³/mol. The average Bonchev–Trinajstić information content (AvgIpc) is 3.37. The lowest BCUT2D eigenvalue weighted by atomic mass is 10.1. The molecule has 0 radical (unpaired) electrons. The van der Waals surface area contributed by atoms with Gasteiger partial charge < -0.3 is 9.80 Å². The van der Waals surface area contributed by atoms with Gasteiger partial charge in [-0.1, -0.05) is 78.3 Å². The largest absolute Gasteiger partial charge is 0.310 e. The predicted octanol–water partition coefficient (Wildman–Crippen LogP) is 11.6. The molecule has 0 saturated heterocycles. The third kappa shape index (κ3) is 4.60. The van der Waals surface area contributed by atoms with Gasteiger partial charge in [0.05, 0.1) is 0 Å². The fourth-order valence-corrected chi connectivity index (χ4v) is 6.56. The molecule has 7 rings (SSSR count). The van der Waals surface area contributed by atoms with Gasteiger partial charge in [-0.25, -0.2) is 0 Å². The molecule has 0 atom stereocenters. The molecule has 7 aromatic rings. The zero-order chi connectivity index (χ0) is 26.9. The molecule has 0 aliphatic rings. The molecule has 1 aromatic heterocycles.